The predicted molar refractivity (Wildman–Crippen MR) is 517 cm³/mol. The highest BCUT2D eigenvalue weighted by molar-refractivity contribution is 6.15. The van der Waals surface area contributed by atoms with Gasteiger partial charge in [0.25, 0.3) is 0 Å². The molecular weight excluding hydrogens is 1720 g/mol. The molecule has 0 aliphatic rings. The average molecular weight is 1790 g/mol. The number of halogens is 12. The lowest BCUT2D eigenvalue weighted by molar-refractivity contribution is -0.137. The fraction of sp³-hybridized carbons (Fsp3) is 0.0598. The largest absolute Gasteiger partial charge is 0.417 e. The van der Waals surface area contributed by atoms with Crippen molar-refractivity contribution in [2.24, 2.45) is 0 Å². The van der Waals surface area contributed by atoms with E-state index in [0.717, 1.165) is 85.5 Å². The van der Waals surface area contributed by atoms with Crippen molar-refractivity contribution < 1.29 is 52.7 Å². The molecule has 135 heavy (non-hydrogen) atoms. The van der Waals surface area contributed by atoms with Crippen LogP contribution in [-0.2, 0) is 24.7 Å². The van der Waals surface area contributed by atoms with Gasteiger partial charge in [0.2, 0.25) is 0 Å². The van der Waals surface area contributed by atoms with Gasteiger partial charge in [0.15, 0.2) is 11.6 Å². The molecule has 0 amide bonds. The maximum atomic E-state index is 16.2. The van der Waals surface area contributed by atoms with Gasteiger partial charge in [-0.2, -0.15) is 52.7 Å². The third-order valence-electron chi connectivity index (χ3n) is 25.2. The van der Waals surface area contributed by atoms with Crippen LogP contribution in [0.5, 0.6) is 0 Å². The molecule has 0 aliphatic heterocycles. The summed E-state index contributed by atoms with van der Waals surface area (Å²) in [4.78, 5) is 20.2. The molecule has 21 rings (SSSR count). The maximum Gasteiger partial charge on any atom is 0.417 e. The van der Waals surface area contributed by atoms with Gasteiger partial charge in [-0.05, 0) is 219 Å². The molecule has 0 atom stereocenters. The Bertz CT molecular complexity index is 7990. The number of fused-ring (bicyclic) bond motifs is 6. The van der Waals surface area contributed by atoms with E-state index in [1.54, 1.807) is 51.6 Å². The summed E-state index contributed by atoms with van der Waals surface area (Å²) in [5, 5.41) is 2.55. The zero-order valence-corrected chi connectivity index (χ0v) is 72.2. The van der Waals surface area contributed by atoms with Crippen LogP contribution in [0.2, 0.25) is 0 Å². The van der Waals surface area contributed by atoms with Gasteiger partial charge in [-0.15, -0.1) is 0 Å². The van der Waals surface area contributed by atoms with Crippen molar-refractivity contribution in [3.63, 3.8) is 0 Å². The molecule has 0 fully saturated rings. The summed E-state index contributed by atoms with van der Waals surface area (Å²) in [6.07, 6.45) is -19.9. The van der Waals surface area contributed by atoms with E-state index in [2.05, 4.69) is 18.2 Å². The molecule has 0 aliphatic carbocycles. The summed E-state index contributed by atoms with van der Waals surface area (Å²) in [7, 11) is 0. The van der Waals surface area contributed by atoms with Crippen LogP contribution in [0.15, 0.2) is 394 Å². The van der Waals surface area contributed by atoms with Crippen molar-refractivity contribution in [3.8, 4) is 168 Å². The Kier molecular flexibility index (Phi) is 21.4. The third kappa shape index (κ3) is 16.0. The number of alkyl halides is 12. The van der Waals surface area contributed by atoms with E-state index in [0.29, 0.717) is 77.3 Å². The van der Waals surface area contributed by atoms with E-state index in [4.69, 9.17) is 19.9 Å². The highest BCUT2D eigenvalue weighted by atomic mass is 19.4. The molecular formula is C117H74F12N6. The molecule has 0 radical (unpaired) electrons. The quantitative estimate of drug-likeness (QED) is 0.0905. The lowest BCUT2D eigenvalue weighted by Crippen LogP contribution is -2.11. The van der Waals surface area contributed by atoms with Gasteiger partial charge in [-0.1, -0.05) is 279 Å². The number of rotatable bonds is 16. The van der Waals surface area contributed by atoms with Crippen molar-refractivity contribution in [2.45, 2.75) is 45.5 Å². The van der Waals surface area contributed by atoms with Crippen LogP contribution < -0.4 is 0 Å². The molecule has 0 unspecified atom stereocenters. The van der Waals surface area contributed by atoms with Crippen LogP contribution in [0.25, 0.3) is 212 Å². The first-order chi connectivity index (χ1) is 65.2. The minimum absolute atomic E-state index is 0.0316. The first-order valence-electron chi connectivity index (χ1n) is 43.7. The fourth-order valence-electron chi connectivity index (χ4n) is 19.0. The third-order valence-corrected chi connectivity index (χ3v) is 25.2. The minimum Gasteiger partial charge on any atom is -0.308 e. The predicted octanol–water partition coefficient (Wildman–Crippen LogP) is 33.8. The van der Waals surface area contributed by atoms with Crippen molar-refractivity contribution in [2.75, 3.05) is 0 Å². The van der Waals surface area contributed by atoms with E-state index in [1.807, 2.05) is 257 Å². The second-order valence-electron chi connectivity index (χ2n) is 33.7. The van der Waals surface area contributed by atoms with Gasteiger partial charge in [-0.3, -0.25) is 0 Å². The van der Waals surface area contributed by atoms with E-state index < -0.39 is 47.0 Å². The maximum absolute atomic E-state index is 16.2. The molecule has 0 saturated heterocycles. The van der Waals surface area contributed by atoms with Gasteiger partial charge in [0, 0.05) is 77.2 Å². The van der Waals surface area contributed by atoms with Crippen molar-refractivity contribution >= 4 is 43.6 Å². The van der Waals surface area contributed by atoms with E-state index in [9.17, 15) is 0 Å². The molecule has 4 heterocycles. The molecule has 0 spiro atoms. The zero-order chi connectivity index (χ0) is 92.9. The fourth-order valence-corrected chi connectivity index (χ4v) is 19.0. The van der Waals surface area contributed by atoms with Gasteiger partial charge < -0.3 is 9.13 Å². The second-order valence-corrected chi connectivity index (χ2v) is 33.7. The Labute approximate surface area is 767 Å². The Morgan fingerprint density at radius 1 is 0.185 bits per heavy atom. The number of nitrogens with zero attached hydrogens (tertiary/aromatic N) is 6. The summed E-state index contributed by atoms with van der Waals surface area (Å²) in [5.41, 5.74) is 9.95. The Hall–Kier alpha value is -16.3. The molecule has 18 heteroatoms. The number of hydrogen-bond donors (Lipinski definition) is 0. The Morgan fingerprint density at radius 3 is 0.859 bits per heavy atom. The smallest absolute Gasteiger partial charge is 0.308 e. The Balaban J connectivity index is 0.748. The second kappa shape index (κ2) is 33.8. The van der Waals surface area contributed by atoms with Crippen LogP contribution in [0.3, 0.4) is 0 Å². The van der Waals surface area contributed by atoms with Crippen LogP contribution in [0.1, 0.15) is 38.9 Å². The molecule has 17 aromatic carbocycles. The topological polar surface area (TPSA) is 61.4 Å². The lowest BCUT2D eigenvalue weighted by Gasteiger charge is -2.24. The van der Waals surface area contributed by atoms with E-state index in [1.165, 1.54) is 72.8 Å². The monoisotopic (exact) mass is 1790 g/mol. The highest BCUT2D eigenvalue weighted by Gasteiger charge is 2.41. The molecule has 6 nitrogen and oxygen atoms in total. The van der Waals surface area contributed by atoms with Gasteiger partial charge in [0.05, 0.1) is 78.5 Å². The standard InChI is InChI=1S/C117H74F12N6/c1-69-56-80(58-81(57-69)77-50-53-107-91(60-77)89-42-22-27-47-106(89)134(107)110-94(85-38-18-23-43-98(85)114(118,119)120)63-82(64-95(110)86-39-19-24-44-99(86)115(121,122)123)104-67-102(72-29-8-4-9-30-72)130-112(132-104)74-33-12-6-13-34-74)76-49-48-71(3)90(59-76)79-52-55-109-93(62-79)92-61-78(84-37-17-16-28-70(84)2)51-54-108(92)135(109)111-96(87-40-20-25-45-100(87)116(124,125)126)65-83(66-97(111)88-41-21-26-46-101(88)117(127,128)129)105-68-103(73-31-10-5-11-32-73)131-113(133-105)75-35-14-7-15-36-75/h4-68H,1-3H3. The van der Waals surface area contributed by atoms with Crippen LogP contribution in [0.4, 0.5) is 52.7 Å². The SMILES string of the molecule is Cc1cc(-c2ccc(C)c(-c3ccc4c(c3)c3cc(-c5ccccc5C)ccc3n4-c3c(-c4ccccc4C(F)(F)F)cc(-c4cc(-c5ccccc5)nc(-c5ccccc5)n4)cc3-c3ccccc3C(F)(F)F)c2)cc(-c2ccc3c(c2)c2ccccc2n3-c2c(-c3ccccc3C(F)(F)F)cc(-c3cc(-c4ccccc4)nc(-c4ccccc4)n3)cc2-c2ccccc2C(F)(F)F)c1. The number of benzene rings is 17. The highest BCUT2D eigenvalue weighted by Crippen LogP contribution is 2.54. The van der Waals surface area contributed by atoms with Crippen LogP contribution >= 0.6 is 0 Å². The normalized spacial score (nSPS) is 12.1. The molecule has 21 aromatic rings. The summed E-state index contributed by atoms with van der Waals surface area (Å²) < 4.78 is 197. The number of para-hydroxylation sites is 1. The zero-order valence-electron chi connectivity index (χ0n) is 72.2. The van der Waals surface area contributed by atoms with Gasteiger partial charge in [0.1, 0.15) is 0 Å². The number of hydrogen-bond acceptors (Lipinski definition) is 4. The van der Waals surface area contributed by atoms with Crippen molar-refractivity contribution in [1.82, 2.24) is 29.1 Å². The van der Waals surface area contributed by atoms with E-state index in [-0.39, 0.29) is 90.0 Å². The molecule has 0 saturated carbocycles. The average Bonchev–Trinajstić information content (AvgIpc) is 1.61. The minimum atomic E-state index is -4.98. The number of aryl methyl sites for hydroxylation is 3. The molecule has 0 bridgehead atoms. The first-order valence-corrected chi connectivity index (χ1v) is 43.7. The molecule has 0 N–H and O–H groups in total. The lowest BCUT2D eigenvalue weighted by atomic mass is 9.88. The summed E-state index contributed by atoms with van der Waals surface area (Å²) >= 11 is 0. The first kappa shape index (κ1) is 85.4. The van der Waals surface area contributed by atoms with E-state index >= 15 is 52.7 Å². The molecule has 656 valence electrons. The Morgan fingerprint density at radius 2 is 0.467 bits per heavy atom. The summed E-state index contributed by atoms with van der Waals surface area (Å²) in [5.74, 6) is 0.538. The van der Waals surface area contributed by atoms with Gasteiger partial charge in [-0.25, -0.2) is 19.9 Å². The van der Waals surface area contributed by atoms with Crippen LogP contribution in [0, 0.1) is 20.8 Å². The van der Waals surface area contributed by atoms with Crippen molar-refractivity contribution in [3.05, 3.63) is 433 Å². The summed E-state index contributed by atoms with van der Waals surface area (Å²) in [6, 6.07) is 112. The van der Waals surface area contributed by atoms with Crippen LogP contribution in [-0.4, -0.2) is 29.1 Å². The summed E-state index contributed by atoms with van der Waals surface area (Å²) in [6.45, 7) is 5.96. The van der Waals surface area contributed by atoms with Crippen molar-refractivity contribution in [1.29, 1.82) is 0 Å². The molecule has 4 aromatic heterocycles. The number of aromatic nitrogens is 6. The van der Waals surface area contributed by atoms with Gasteiger partial charge >= 0.3 is 24.7 Å².